The monoisotopic (exact) mass is 494 g/mol. The standard InChI is InChI=1S/C26H24F2N4O4/c1-35-13-15-8-22-21(30-25(33)23-10-29-24(32(22)23)14-4-6-36-7-5-14)9-16(15)26(34)31-11-17-18(12-31)20(28)3-2-19(17)27/h2-3,8-10,14H,4-7,11-13H2,1H3,(H,30,33). The number of imidazole rings is 1. The van der Waals surface area contributed by atoms with Crippen LogP contribution in [0.3, 0.4) is 0 Å². The number of ether oxygens (including phenoxy) is 2. The second-order valence-electron chi connectivity index (χ2n) is 9.28. The van der Waals surface area contributed by atoms with Crippen LogP contribution >= 0.6 is 0 Å². The first kappa shape index (κ1) is 22.8. The molecule has 186 valence electrons. The topological polar surface area (TPSA) is 88.9 Å². The fourth-order valence-electron chi connectivity index (χ4n) is 5.33. The molecular weight excluding hydrogens is 470 g/mol. The van der Waals surface area contributed by atoms with E-state index in [1.54, 1.807) is 12.3 Å². The Balaban J connectivity index is 1.47. The fourth-order valence-corrected chi connectivity index (χ4v) is 5.33. The van der Waals surface area contributed by atoms with E-state index in [0.29, 0.717) is 40.9 Å². The minimum Gasteiger partial charge on any atom is -0.381 e. The highest BCUT2D eigenvalue weighted by molar-refractivity contribution is 5.99. The molecule has 0 bridgehead atoms. The number of rotatable bonds is 4. The summed E-state index contributed by atoms with van der Waals surface area (Å²) in [6.07, 6.45) is 3.18. The molecule has 10 heteroatoms. The molecule has 4 heterocycles. The van der Waals surface area contributed by atoms with Gasteiger partial charge in [0.2, 0.25) is 0 Å². The molecule has 6 rings (SSSR count). The van der Waals surface area contributed by atoms with E-state index in [0.717, 1.165) is 30.8 Å². The quantitative estimate of drug-likeness (QED) is 0.468. The lowest BCUT2D eigenvalue weighted by atomic mass is 9.99. The Morgan fingerprint density at radius 2 is 1.83 bits per heavy atom. The Hall–Kier alpha value is -3.63. The molecule has 1 fully saturated rings. The van der Waals surface area contributed by atoms with Crippen molar-refractivity contribution < 1.29 is 23.0 Å². The molecule has 1 saturated heterocycles. The molecule has 2 aromatic heterocycles. The van der Waals surface area contributed by atoms with Crippen molar-refractivity contribution in [2.24, 2.45) is 0 Å². The first-order chi connectivity index (χ1) is 17.5. The van der Waals surface area contributed by atoms with Crippen LogP contribution in [-0.4, -0.2) is 45.5 Å². The number of hydrogen-bond donors (Lipinski definition) is 1. The largest absolute Gasteiger partial charge is 0.381 e. The maximum Gasteiger partial charge on any atom is 0.274 e. The molecule has 1 N–H and O–H groups in total. The lowest BCUT2D eigenvalue weighted by molar-refractivity contribution is 0.0745. The van der Waals surface area contributed by atoms with Gasteiger partial charge in [-0.2, -0.15) is 0 Å². The van der Waals surface area contributed by atoms with Crippen LogP contribution in [0.5, 0.6) is 0 Å². The van der Waals surface area contributed by atoms with Crippen LogP contribution in [0.1, 0.15) is 51.6 Å². The number of benzene rings is 2. The van der Waals surface area contributed by atoms with Crippen molar-refractivity contribution in [3.8, 4) is 0 Å². The van der Waals surface area contributed by atoms with E-state index in [9.17, 15) is 18.4 Å². The maximum atomic E-state index is 14.3. The third-order valence-corrected chi connectivity index (χ3v) is 7.15. The van der Waals surface area contributed by atoms with Gasteiger partial charge in [-0.3, -0.25) is 14.0 Å². The smallest absolute Gasteiger partial charge is 0.274 e. The number of fused-ring (bicyclic) bond motifs is 4. The van der Waals surface area contributed by atoms with Crippen LogP contribution in [0.15, 0.2) is 35.3 Å². The highest BCUT2D eigenvalue weighted by Gasteiger charge is 2.31. The van der Waals surface area contributed by atoms with E-state index in [2.05, 4.69) is 9.97 Å². The molecule has 0 radical (unpaired) electrons. The summed E-state index contributed by atoms with van der Waals surface area (Å²) in [4.78, 5) is 35.4. The lowest BCUT2D eigenvalue weighted by Crippen LogP contribution is -2.27. The fraction of sp³-hybridized carbons (Fsp3) is 0.346. The van der Waals surface area contributed by atoms with Crippen molar-refractivity contribution >= 4 is 22.5 Å². The number of halogens is 2. The van der Waals surface area contributed by atoms with Gasteiger partial charge in [0.05, 0.1) is 23.8 Å². The molecule has 8 nitrogen and oxygen atoms in total. The van der Waals surface area contributed by atoms with Crippen LogP contribution in [0.4, 0.5) is 8.78 Å². The average Bonchev–Trinajstić information content (AvgIpc) is 3.54. The molecule has 2 aliphatic rings. The molecule has 36 heavy (non-hydrogen) atoms. The van der Waals surface area contributed by atoms with Crippen molar-refractivity contribution in [1.82, 2.24) is 19.3 Å². The third kappa shape index (κ3) is 3.59. The highest BCUT2D eigenvalue weighted by atomic mass is 19.1. The van der Waals surface area contributed by atoms with Crippen molar-refractivity contribution in [2.45, 2.75) is 38.5 Å². The van der Waals surface area contributed by atoms with Crippen LogP contribution in [0.2, 0.25) is 0 Å². The molecule has 0 spiro atoms. The van der Waals surface area contributed by atoms with Crippen LogP contribution in [0, 0.1) is 11.6 Å². The molecule has 1 amide bonds. The van der Waals surface area contributed by atoms with Gasteiger partial charge < -0.3 is 19.4 Å². The Kier molecular flexibility index (Phi) is 5.57. The van der Waals surface area contributed by atoms with E-state index < -0.39 is 17.5 Å². The van der Waals surface area contributed by atoms with Gasteiger partial charge in [0.1, 0.15) is 23.0 Å². The summed E-state index contributed by atoms with van der Waals surface area (Å²) in [5.41, 5.74) is 2.56. The normalized spacial score (nSPS) is 16.2. The van der Waals surface area contributed by atoms with Crippen molar-refractivity contribution in [3.63, 3.8) is 0 Å². The van der Waals surface area contributed by atoms with Gasteiger partial charge in [0.25, 0.3) is 11.5 Å². The van der Waals surface area contributed by atoms with Gasteiger partial charge in [-0.25, -0.2) is 13.8 Å². The molecule has 0 atom stereocenters. The second kappa shape index (κ2) is 8.79. The number of aromatic amines is 1. The summed E-state index contributed by atoms with van der Waals surface area (Å²) in [7, 11) is 1.53. The molecule has 0 aliphatic carbocycles. The summed E-state index contributed by atoms with van der Waals surface area (Å²) in [6.45, 7) is 1.34. The van der Waals surface area contributed by atoms with Crippen LogP contribution in [-0.2, 0) is 29.2 Å². The second-order valence-corrected chi connectivity index (χ2v) is 9.28. The number of nitrogens with one attached hydrogen (secondary N) is 1. The Morgan fingerprint density at radius 1 is 1.14 bits per heavy atom. The number of H-pyrrole nitrogens is 1. The summed E-state index contributed by atoms with van der Waals surface area (Å²) < 4.78 is 41.3. The Labute approximate surface area is 204 Å². The Bertz CT molecular complexity index is 1540. The zero-order valence-electron chi connectivity index (χ0n) is 19.6. The third-order valence-electron chi connectivity index (χ3n) is 7.15. The zero-order valence-corrected chi connectivity index (χ0v) is 19.6. The van der Waals surface area contributed by atoms with Crippen LogP contribution in [0.25, 0.3) is 16.6 Å². The van der Waals surface area contributed by atoms with Crippen LogP contribution < -0.4 is 5.56 Å². The minimum absolute atomic E-state index is 0.0345. The summed E-state index contributed by atoms with van der Waals surface area (Å²) in [6, 6.07) is 5.59. The first-order valence-corrected chi connectivity index (χ1v) is 11.8. The van der Waals surface area contributed by atoms with Crippen molar-refractivity contribution in [2.75, 3.05) is 20.3 Å². The van der Waals surface area contributed by atoms with Crippen molar-refractivity contribution in [3.05, 3.63) is 80.5 Å². The maximum absolute atomic E-state index is 14.3. The number of carbonyl (C=O) groups is 1. The van der Waals surface area contributed by atoms with E-state index in [-0.39, 0.29) is 42.3 Å². The number of carbonyl (C=O) groups excluding carboxylic acids is 1. The number of hydrogen-bond acceptors (Lipinski definition) is 5. The van der Waals surface area contributed by atoms with Gasteiger partial charge in [-0.1, -0.05) is 0 Å². The number of nitrogens with zero attached hydrogens (tertiary/aromatic N) is 3. The molecule has 0 saturated carbocycles. The SMILES string of the molecule is COCc1cc2c(cc1C(=O)N1Cc3c(F)ccc(F)c3C1)[nH]c(=O)c1cnc(C3CCOCC3)n12. The van der Waals surface area contributed by atoms with Gasteiger partial charge in [0, 0.05) is 56.0 Å². The van der Waals surface area contributed by atoms with E-state index in [1.807, 2.05) is 10.5 Å². The Morgan fingerprint density at radius 3 is 2.50 bits per heavy atom. The first-order valence-electron chi connectivity index (χ1n) is 11.8. The van der Waals surface area contributed by atoms with Crippen molar-refractivity contribution in [1.29, 1.82) is 0 Å². The predicted molar refractivity (Wildman–Crippen MR) is 127 cm³/mol. The van der Waals surface area contributed by atoms with Gasteiger partial charge in [-0.15, -0.1) is 0 Å². The molecular formula is C26H24F2N4O4. The molecule has 2 aromatic carbocycles. The van der Waals surface area contributed by atoms with Gasteiger partial charge in [-0.05, 0) is 42.7 Å². The van der Waals surface area contributed by atoms with E-state index >= 15 is 0 Å². The molecule has 4 aromatic rings. The summed E-state index contributed by atoms with van der Waals surface area (Å²) >= 11 is 0. The lowest BCUT2D eigenvalue weighted by Gasteiger charge is -2.22. The number of methoxy groups -OCH3 is 1. The predicted octanol–water partition coefficient (Wildman–Crippen LogP) is 3.65. The summed E-state index contributed by atoms with van der Waals surface area (Å²) in [5, 5.41) is 0. The highest BCUT2D eigenvalue weighted by Crippen LogP contribution is 2.32. The van der Waals surface area contributed by atoms with E-state index in [4.69, 9.17) is 9.47 Å². The van der Waals surface area contributed by atoms with Gasteiger partial charge >= 0.3 is 0 Å². The molecule has 0 unspecified atom stereocenters. The molecule has 2 aliphatic heterocycles. The summed E-state index contributed by atoms with van der Waals surface area (Å²) in [5.74, 6) is -0.538. The average molecular weight is 494 g/mol. The van der Waals surface area contributed by atoms with Gasteiger partial charge in [0.15, 0.2) is 0 Å². The number of aromatic nitrogens is 3. The number of amides is 1. The van der Waals surface area contributed by atoms with E-state index in [1.165, 1.54) is 12.0 Å². The minimum atomic E-state index is -0.537. The zero-order chi connectivity index (χ0) is 25.0.